The van der Waals surface area contributed by atoms with E-state index in [0.717, 1.165) is 38.7 Å². The van der Waals surface area contributed by atoms with Crippen LogP contribution in [0, 0.1) is 16.6 Å². The molecule has 4 rings (SSSR count). The van der Waals surface area contributed by atoms with Gasteiger partial charge >= 0.3 is 0 Å². The van der Waals surface area contributed by atoms with E-state index in [1.165, 1.54) is 24.1 Å². The molecule has 3 N–H and O–H groups in total. The number of anilines is 2. The summed E-state index contributed by atoms with van der Waals surface area (Å²) in [6.07, 6.45) is 4.29. The minimum absolute atomic E-state index is 0.0162. The van der Waals surface area contributed by atoms with Crippen LogP contribution in [-0.2, 0) is 0 Å². The predicted molar refractivity (Wildman–Crippen MR) is 137 cm³/mol. The van der Waals surface area contributed by atoms with Crippen LogP contribution >= 0.6 is 0 Å². The SMILES string of the molecule is COc1nc2cc(F)c(C(=O)Nc3cccc(C(=N)N(C=N)C(C)C)n3)cc2nc1N1CCCCC1. The maximum atomic E-state index is 14.9. The quantitative estimate of drug-likeness (QED) is 0.335. The van der Waals surface area contributed by atoms with E-state index in [1.807, 2.05) is 13.8 Å². The number of methoxy groups -OCH3 is 1. The Hall–Kier alpha value is -4.15. The molecule has 3 aromatic rings. The molecule has 1 fully saturated rings. The number of pyridine rings is 1. The van der Waals surface area contributed by atoms with Gasteiger partial charge in [-0.05, 0) is 51.3 Å². The summed E-state index contributed by atoms with van der Waals surface area (Å²) in [5.41, 5.74) is 0.742. The van der Waals surface area contributed by atoms with Crippen molar-refractivity contribution in [2.75, 3.05) is 30.4 Å². The number of aromatic nitrogens is 3. The fourth-order valence-corrected chi connectivity index (χ4v) is 4.10. The van der Waals surface area contributed by atoms with Crippen LogP contribution in [0.25, 0.3) is 11.0 Å². The Bertz CT molecular complexity index is 1310. The van der Waals surface area contributed by atoms with Gasteiger partial charge in [0.2, 0.25) is 0 Å². The van der Waals surface area contributed by atoms with Gasteiger partial charge in [0.1, 0.15) is 17.3 Å². The summed E-state index contributed by atoms with van der Waals surface area (Å²) in [5.74, 6) is -0.370. The molecule has 1 aliphatic rings. The molecule has 0 saturated carbocycles. The number of fused-ring (bicyclic) bond motifs is 1. The molecule has 0 aliphatic carbocycles. The summed E-state index contributed by atoms with van der Waals surface area (Å²) < 4.78 is 20.4. The van der Waals surface area contributed by atoms with Crippen molar-refractivity contribution >= 4 is 40.8 Å². The highest BCUT2D eigenvalue weighted by Crippen LogP contribution is 2.30. The van der Waals surface area contributed by atoms with Crippen LogP contribution in [0.5, 0.6) is 5.88 Å². The molecule has 1 aliphatic heterocycles. The number of nitrogens with zero attached hydrogens (tertiary/aromatic N) is 5. The lowest BCUT2D eigenvalue weighted by atomic mass is 10.1. The second-order valence-electron chi connectivity index (χ2n) is 8.77. The smallest absolute Gasteiger partial charge is 0.259 e. The highest BCUT2D eigenvalue weighted by atomic mass is 19.1. The van der Waals surface area contributed by atoms with Gasteiger partial charge < -0.3 is 19.9 Å². The van der Waals surface area contributed by atoms with Crippen molar-refractivity contribution in [1.29, 1.82) is 10.8 Å². The lowest BCUT2D eigenvalue weighted by Crippen LogP contribution is -2.36. The summed E-state index contributed by atoms with van der Waals surface area (Å²) in [5, 5.41) is 18.5. The highest BCUT2D eigenvalue weighted by molar-refractivity contribution is 6.06. The molecule has 0 spiro atoms. The molecule has 10 nitrogen and oxygen atoms in total. The average molecular weight is 493 g/mol. The monoisotopic (exact) mass is 492 g/mol. The third-order valence-electron chi connectivity index (χ3n) is 5.98. The molecule has 11 heteroatoms. The maximum Gasteiger partial charge on any atom is 0.259 e. The van der Waals surface area contributed by atoms with Crippen molar-refractivity contribution in [2.45, 2.75) is 39.2 Å². The number of halogens is 1. The standard InChI is InChI=1S/C25H29FN8O2/c1-15(2)34(14-27)22(28)18-8-7-9-21(29-18)32-24(35)16-12-19-20(13-17(16)26)31-25(36-3)23(30-19)33-10-5-4-6-11-33/h7-9,12-15,27-28H,4-6,10-11H2,1-3H3,(H,29,32,35). The van der Waals surface area contributed by atoms with Gasteiger partial charge in [-0.15, -0.1) is 0 Å². The molecule has 1 aromatic carbocycles. The van der Waals surface area contributed by atoms with Crippen molar-refractivity contribution in [3.63, 3.8) is 0 Å². The first-order chi connectivity index (χ1) is 17.3. The first-order valence-corrected chi connectivity index (χ1v) is 11.8. The first-order valence-electron chi connectivity index (χ1n) is 11.8. The second-order valence-corrected chi connectivity index (χ2v) is 8.77. The molecule has 0 bridgehead atoms. The Morgan fingerprint density at radius 2 is 1.89 bits per heavy atom. The molecular formula is C25H29FN8O2. The van der Waals surface area contributed by atoms with Crippen molar-refractivity contribution in [1.82, 2.24) is 19.9 Å². The average Bonchev–Trinajstić information content (AvgIpc) is 2.88. The van der Waals surface area contributed by atoms with Crippen LogP contribution in [-0.4, -0.2) is 64.2 Å². The summed E-state index contributed by atoms with van der Waals surface area (Å²) in [6.45, 7) is 5.36. The molecule has 188 valence electrons. The predicted octanol–water partition coefficient (Wildman–Crippen LogP) is 4.06. The van der Waals surface area contributed by atoms with Crippen molar-refractivity contribution in [3.8, 4) is 5.88 Å². The maximum absolute atomic E-state index is 14.9. The summed E-state index contributed by atoms with van der Waals surface area (Å²) >= 11 is 0. The molecule has 1 amide bonds. The van der Waals surface area contributed by atoms with E-state index < -0.39 is 11.7 Å². The zero-order valence-electron chi connectivity index (χ0n) is 20.5. The van der Waals surface area contributed by atoms with E-state index >= 15 is 0 Å². The van der Waals surface area contributed by atoms with Crippen LogP contribution in [0.4, 0.5) is 16.0 Å². The van der Waals surface area contributed by atoms with E-state index in [0.29, 0.717) is 17.2 Å². The van der Waals surface area contributed by atoms with Crippen LogP contribution in [0.15, 0.2) is 30.3 Å². The normalized spacial score (nSPS) is 13.5. The Kier molecular flexibility index (Phi) is 7.37. The van der Waals surface area contributed by atoms with Crippen LogP contribution in [0.1, 0.15) is 49.2 Å². The largest absolute Gasteiger partial charge is 0.478 e. The van der Waals surface area contributed by atoms with E-state index in [2.05, 4.69) is 25.2 Å². The Balaban J connectivity index is 1.63. The summed E-state index contributed by atoms with van der Waals surface area (Å²) in [7, 11) is 1.50. The molecule has 0 atom stereocenters. The van der Waals surface area contributed by atoms with Gasteiger partial charge in [-0.3, -0.25) is 15.6 Å². The number of nitrogens with one attached hydrogen (secondary N) is 3. The number of piperidine rings is 1. The minimum Gasteiger partial charge on any atom is -0.478 e. The lowest BCUT2D eigenvalue weighted by Gasteiger charge is -2.28. The first kappa shape index (κ1) is 25.0. The summed E-state index contributed by atoms with van der Waals surface area (Å²) in [6, 6.07) is 7.23. The summed E-state index contributed by atoms with van der Waals surface area (Å²) in [4.78, 5) is 29.9. The van der Waals surface area contributed by atoms with Gasteiger partial charge in [-0.25, -0.2) is 19.3 Å². The molecule has 0 radical (unpaired) electrons. The van der Waals surface area contributed by atoms with Gasteiger partial charge in [0, 0.05) is 25.2 Å². The number of rotatable bonds is 7. The molecule has 2 aromatic heterocycles. The topological polar surface area (TPSA) is 131 Å². The third-order valence-corrected chi connectivity index (χ3v) is 5.98. The van der Waals surface area contributed by atoms with Gasteiger partial charge in [0.05, 0.1) is 30.0 Å². The third kappa shape index (κ3) is 5.09. The highest BCUT2D eigenvalue weighted by Gasteiger charge is 2.22. The number of hydrogen-bond donors (Lipinski definition) is 3. The Morgan fingerprint density at radius 1 is 1.17 bits per heavy atom. The number of carbonyl (C=O) groups excluding carboxylic acids is 1. The van der Waals surface area contributed by atoms with E-state index in [9.17, 15) is 9.18 Å². The van der Waals surface area contributed by atoms with Gasteiger partial charge in [0.25, 0.3) is 11.8 Å². The van der Waals surface area contributed by atoms with Crippen LogP contribution < -0.4 is 15.0 Å². The van der Waals surface area contributed by atoms with Gasteiger partial charge in [-0.1, -0.05) is 6.07 Å². The van der Waals surface area contributed by atoms with E-state index in [-0.39, 0.29) is 34.5 Å². The number of amides is 1. The lowest BCUT2D eigenvalue weighted by molar-refractivity contribution is 0.102. The second kappa shape index (κ2) is 10.6. The number of carbonyl (C=O) groups is 1. The zero-order valence-corrected chi connectivity index (χ0v) is 20.5. The van der Waals surface area contributed by atoms with E-state index in [1.54, 1.807) is 18.2 Å². The van der Waals surface area contributed by atoms with Crippen molar-refractivity contribution in [2.24, 2.45) is 0 Å². The van der Waals surface area contributed by atoms with Crippen molar-refractivity contribution < 1.29 is 13.9 Å². The molecular weight excluding hydrogens is 463 g/mol. The molecule has 1 saturated heterocycles. The van der Waals surface area contributed by atoms with Crippen LogP contribution in [0.3, 0.4) is 0 Å². The fourth-order valence-electron chi connectivity index (χ4n) is 4.10. The molecule has 3 heterocycles. The molecule has 36 heavy (non-hydrogen) atoms. The fraction of sp³-hybridized carbons (Fsp3) is 0.360. The number of ether oxygens (including phenoxy) is 1. The number of hydrogen-bond acceptors (Lipinski definition) is 8. The zero-order chi connectivity index (χ0) is 25.8. The number of amidine groups is 1. The van der Waals surface area contributed by atoms with Gasteiger partial charge in [0.15, 0.2) is 11.7 Å². The van der Waals surface area contributed by atoms with E-state index in [4.69, 9.17) is 15.6 Å². The Morgan fingerprint density at radius 3 is 2.56 bits per heavy atom. The van der Waals surface area contributed by atoms with Crippen molar-refractivity contribution in [3.05, 3.63) is 47.4 Å². The van der Waals surface area contributed by atoms with Gasteiger partial charge in [-0.2, -0.15) is 0 Å². The molecule has 0 unspecified atom stereocenters. The Labute approximate surface area is 208 Å². The minimum atomic E-state index is -0.749. The number of benzene rings is 1. The van der Waals surface area contributed by atoms with Crippen LogP contribution in [0.2, 0.25) is 0 Å².